The molecular formula is C25H36N10O. The topological polar surface area (TPSA) is 129 Å². The van der Waals surface area contributed by atoms with Crippen molar-refractivity contribution in [2.24, 2.45) is 5.73 Å². The molecular weight excluding hydrogens is 456 g/mol. The number of imidazole rings is 1. The van der Waals surface area contributed by atoms with Gasteiger partial charge in [0.25, 0.3) is 0 Å². The lowest BCUT2D eigenvalue weighted by Crippen LogP contribution is -2.43. The molecule has 2 amide bonds. The van der Waals surface area contributed by atoms with E-state index in [0.717, 1.165) is 62.4 Å². The summed E-state index contributed by atoms with van der Waals surface area (Å²) < 4.78 is 2.18. The van der Waals surface area contributed by atoms with Gasteiger partial charge in [-0.3, -0.25) is 4.90 Å². The number of likely N-dealkylation sites (N-methyl/N-ethyl adjacent to an activating group) is 1. The lowest BCUT2D eigenvalue weighted by molar-refractivity contribution is 0.148. The molecule has 2 aliphatic rings. The van der Waals surface area contributed by atoms with Crippen LogP contribution in [0.2, 0.25) is 0 Å². The summed E-state index contributed by atoms with van der Waals surface area (Å²) in [7, 11) is 2.18. The van der Waals surface area contributed by atoms with Gasteiger partial charge >= 0.3 is 6.03 Å². The Labute approximate surface area is 211 Å². The molecule has 2 fully saturated rings. The predicted molar refractivity (Wildman–Crippen MR) is 141 cm³/mol. The van der Waals surface area contributed by atoms with Crippen LogP contribution in [-0.2, 0) is 6.54 Å². The van der Waals surface area contributed by atoms with Gasteiger partial charge in [0.05, 0.1) is 6.33 Å². The smallest absolute Gasteiger partial charge is 0.312 e. The molecule has 1 saturated heterocycles. The second kappa shape index (κ2) is 11.1. The second-order valence-electron chi connectivity index (χ2n) is 9.78. The summed E-state index contributed by atoms with van der Waals surface area (Å²) in [6.45, 7) is 6.25. The van der Waals surface area contributed by atoms with Crippen LogP contribution in [0.25, 0.3) is 11.2 Å². The Bertz CT molecular complexity index is 1160. The van der Waals surface area contributed by atoms with Crippen molar-refractivity contribution in [1.29, 1.82) is 0 Å². The van der Waals surface area contributed by atoms with E-state index in [1.165, 1.54) is 18.4 Å². The SMILES string of the molecule is CN1CCN(Cc2ccc(Nc3nc(NCCNC(N)=O)nc4c3ncn4C3CCCC3)cc2)CC1. The molecule has 192 valence electrons. The van der Waals surface area contributed by atoms with E-state index in [-0.39, 0.29) is 0 Å². The molecule has 1 aliphatic carbocycles. The minimum atomic E-state index is -0.550. The van der Waals surface area contributed by atoms with Crippen molar-refractivity contribution in [2.75, 3.05) is 56.9 Å². The number of anilines is 3. The number of piperazine rings is 1. The zero-order valence-electron chi connectivity index (χ0n) is 20.9. The highest BCUT2D eigenvalue weighted by Crippen LogP contribution is 2.33. The maximum Gasteiger partial charge on any atom is 0.312 e. The summed E-state index contributed by atoms with van der Waals surface area (Å²) in [5, 5.41) is 9.24. The monoisotopic (exact) mass is 492 g/mol. The van der Waals surface area contributed by atoms with E-state index < -0.39 is 6.03 Å². The highest BCUT2D eigenvalue weighted by atomic mass is 16.2. The van der Waals surface area contributed by atoms with Crippen molar-refractivity contribution >= 4 is 34.6 Å². The fourth-order valence-electron chi connectivity index (χ4n) is 4.99. The Hall–Kier alpha value is -3.44. The summed E-state index contributed by atoms with van der Waals surface area (Å²) >= 11 is 0. The number of fused-ring (bicyclic) bond motifs is 1. The van der Waals surface area contributed by atoms with Gasteiger partial charge < -0.3 is 31.2 Å². The minimum absolute atomic E-state index is 0.385. The molecule has 1 saturated carbocycles. The van der Waals surface area contributed by atoms with Crippen LogP contribution in [0.4, 0.5) is 22.2 Å². The molecule has 1 aromatic carbocycles. The number of primary amides is 1. The maximum atomic E-state index is 11.0. The van der Waals surface area contributed by atoms with E-state index in [1.54, 1.807) is 0 Å². The minimum Gasteiger partial charge on any atom is -0.352 e. The molecule has 11 heteroatoms. The standard InChI is InChI=1S/C25H36N10O/c1-33-12-14-34(15-13-33)16-18-6-8-19(9-7-18)30-22-21-23(35(17-29-21)20-4-2-3-5-20)32-25(31-22)28-11-10-27-24(26)36/h6-9,17,20H,2-5,10-16H2,1H3,(H3,26,27,36)(H2,28,30,31,32). The number of carbonyl (C=O) groups excluding carboxylic acids is 1. The summed E-state index contributed by atoms with van der Waals surface area (Å²) in [4.78, 5) is 30.0. The molecule has 3 heterocycles. The van der Waals surface area contributed by atoms with E-state index in [0.29, 0.717) is 30.9 Å². The van der Waals surface area contributed by atoms with E-state index in [9.17, 15) is 4.79 Å². The Kier molecular flexibility index (Phi) is 7.47. The molecule has 0 unspecified atom stereocenters. The molecule has 0 bridgehead atoms. The average Bonchev–Trinajstić information content (AvgIpc) is 3.54. The zero-order valence-corrected chi connectivity index (χ0v) is 20.9. The van der Waals surface area contributed by atoms with Crippen molar-refractivity contribution in [3.63, 3.8) is 0 Å². The van der Waals surface area contributed by atoms with E-state index in [2.05, 4.69) is 66.6 Å². The van der Waals surface area contributed by atoms with Crippen LogP contribution in [0.3, 0.4) is 0 Å². The van der Waals surface area contributed by atoms with Crippen LogP contribution in [0, 0.1) is 0 Å². The van der Waals surface area contributed by atoms with Crippen LogP contribution in [-0.4, -0.2) is 81.7 Å². The van der Waals surface area contributed by atoms with Crippen LogP contribution in [0.15, 0.2) is 30.6 Å². The third-order valence-corrected chi connectivity index (χ3v) is 7.07. The Morgan fingerprint density at radius 3 is 2.53 bits per heavy atom. The van der Waals surface area contributed by atoms with Gasteiger partial charge in [-0.05, 0) is 37.6 Å². The molecule has 0 spiro atoms. The van der Waals surface area contributed by atoms with Gasteiger partial charge in [-0.2, -0.15) is 9.97 Å². The third kappa shape index (κ3) is 5.85. The molecule has 0 atom stereocenters. The number of aromatic nitrogens is 4. The highest BCUT2D eigenvalue weighted by molar-refractivity contribution is 5.86. The number of urea groups is 1. The molecule has 3 aromatic rings. The third-order valence-electron chi connectivity index (χ3n) is 7.07. The summed E-state index contributed by atoms with van der Waals surface area (Å²) in [6, 6.07) is 8.39. The number of benzene rings is 1. The fraction of sp³-hybridized carbons (Fsp3) is 0.520. The van der Waals surface area contributed by atoms with Gasteiger partial charge in [0.15, 0.2) is 17.0 Å². The number of hydrogen-bond acceptors (Lipinski definition) is 8. The molecule has 2 aromatic heterocycles. The zero-order chi connectivity index (χ0) is 24.9. The quantitative estimate of drug-likeness (QED) is 0.335. The van der Waals surface area contributed by atoms with Gasteiger partial charge in [-0.1, -0.05) is 25.0 Å². The van der Waals surface area contributed by atoms with Gasteiger partial charge in [-0.25, -0.2) is 9.78 Å². The normalized spacial score (nSPS) is 17.5. The van der Waals surface area contributed by atoms with Crippen molar-refractivity contribution in [2.45, 2.75) is 38.3 Å². The summed E-state index contributed by atoms with van der Waals surface area (Å²) in [6.07, 6.45) is 6.62. The number of amides is 2. The first-order valence-electron chi connectivity index (χ1n) is 12.8. The Balaban J connectivity index is 1.33. The lowest BCUT2D eigenvalue weighted by Gasteiger charge is -2.32. The number of nitrogens with zero attached hydrogens (tertiary/aromatic N) is 6. The van der Waals surface area contributed by atoms with Crippen LogP contribution in [0.5, 0.6) is 0 Å². The molecule has 36 heavy (non-hydrogen) atoms. The fourth-order valence-corrected chi connectivity index (χ4v) is 4.99. The number of rotatable bonds is 9. The van der Waals surface area contributed by atoms with Crippen LogP contribution < -0.4 is 21.7 Å². The summed E-state index contributed by atoms with van der Waals surface area (Å²) in [5.41, 5.74) is 8.99. The van der Waals surface area contributed by atoms with Crippen molar-refractivity contribution in [1.82, 2.24) is 34.6 Å². The van der Waals surface area contributed by atoms with Crippen molar-refractivity contribution in [3.05, 3.63) is 36.2 Å². The molecule has 5 rings (SSSR count). The number of hydrogen-bond donors (Lipinski definition) is 4. The molecule has 11 nitrogen and oxygen atoms in total. The lowest BCUT2D eigenvalue weighted by atomic mass is 10.2. The van der Waals surface area contributed by atoms with Crippen LogP contribution in [0.1, 0.15) is 37.3 Å². The molecule has 0 radical (unpaired) electrons. The van der Waals surface area contributed by atoms with Gasteiger partial charge in [0.2, 0.25) is 5.95 Å². The van der Waals surface area contributed by atoms with Gasteiger partial charge in [-0.15, -0.1) is 0 Å². The van der Waals surface area contributed by atoms with Gasteiger partial charge in [0.1, 0.15) is 0 Å². The van der Waals surface area contributed by atoms with Gasteiger partial charge in [0, 0.05) is 57.5 Å². The predicted octanol–water partition coefficient (Wildman–Crippen LogP) is 2.51. The highest BCUT2D eigenvalue weighted by Gasteiger charge is 2.22. The van der Waals surface area contributed by atoms with E-state index >= 15 is 0 Å². The average molecular weight is 493 g/mol. The first-order valence-corrected chi connectivity index (χ1v) is 12.8. The van der Waals surface area contributed by atoms with Crippen molar-refractivity contribution in [3.8, 4) is 0 Å². The molecule has 1 aliphatic heterocycles. The molecule has 5 N–H and O–H groups in total. The first kappa shape index (κ1) is 24.3. The van der Waals surface area contributed by atoms with Crippen molar-refractivity contribution < 1.29 is 4.79 Å². The Morgan fingerprint density at radius 2 is 1.81 bits per heavy atom. The number of carbonyl (C=O) groups is 1. The summed E-state index contributed by atoms with van der Waals surface area (Å²) in [5.74, 6) is 1.15. The largest absolute Gasteiger partial charge is 0.352 e. The van der Waals surface area contributed by atoms with E-state index in [4.69, 9.17) is 15.7 Å². The first-order chi connectivity index (χ1) is 17.5. The van der Waals surface area contributed by atoms with Crippen LogP contribution >= 0.6 is 0 Å². The van der Waals surface area contributed by atoms with E-state index in [1.807, 2.05) is 6.33 Å². The Morgan fingerprint density at radius 1 is 1.06 bits per heavy atom. The second-order valence-corrected chi connectivity index (χ2v) is 9.78. The number of nitrogens with one attached hydrogen (secondary N) is 3. The number of nitrogens with two attached hydrogens (primary N) is 1. The maximum absolute atomic E-state index is 11.0.